The van der Waals surface area contributed by atoms with Crippen LogP contribution in [-0.4, -0.2) is 62.2 Å². The van der Waals surface area contributed by atoms with Crippen molar-refractivity contribution in [3.8, 4) is 0 Å². The van der Waals surface area contributed by atoms with Gasteiger partial charge in [0.05, 0.1) is 0 Å². The van der Waals surface area contributed by atoms with Crippen LogP contribution in [0.2, 0.25) is 0 Å². The molecule has 0 bridgehead atoms. The number of carbonyl (C=O) groups excluding carboxylic acids is 4. The lowest BCUT2D eigenvalue weighted by atomic mass is 9.84. The molecule has 24 heavy (non-hydrogen) atoms. The SMILES string of the molecule is CC(=O)OC(C(C)=O)(C(C)=O)C1=C(C(=O)O)N2C(=O)[C@@H](N)[C@H]2SC1. The van der Waals surface area contributed by atoms with Gasteiger partial charge in [0.15, 0.2) is 11.6 Å². The Hall–Kier alpha value is -2.20. The smallest absolute Gasteiger partial charge is 0.352 e. The number of ketones is 2. The van der Waals surface area contributed by atoms with E-state index in [4.69, 9.17) is 10.5 Å². The van der Waals surface area contributed by atoms with Crippen LogP contribution in [0.25, 0.3) is 0 Å². The maximum Gasteiger partial charge on any atom is 0.352 e. The van der Waals surface area contributed by atoms with E-state index in [0.717, 1.165) is 37.4 Å². The molecule has 2 aliphatic rings. The Kier molecular flexibility index (Phi) is 4.55. The van der Waals surface area contributed by atoms with Crippen LogP contribution in [-0.2, 0) is 28.7 Å². The number of esters is 1. The third kappa shape index (κ3) is 2.42. The molecule has 1 amide bonds. The lowest BCUT2D eigenvalue weighted by Crippen LogP contribution is -2.69. The van der Waals surface area contributed by atoms with Crippen LogP contribution < -0.4 is 5.73 Å². The zero-order valence-electron chi connectivity index (χ0n) is 13.2. The third-order valence-corrected chi connectivity index (χ3v) is 5.23. The molecular weight excluding hydrogens is 340 g/mol. The number of β-lactam (4-membered cyclic amide) rings is 1. The summed E-state index contributed by atoms with van der Waals surface area (Å²) in [5.74, 6) is -4.82. The fraction of sp³-hybridized carbons (Fsp3) is 0.500. The summed E-state index contributed by atoms with van der Waals surface area (Å²) in [4.78, 5) is 60.5. The van der Waals surface area contributed by atoms with E-state index in [-0.39, 0.29) is 11.3 Å². The molecule has 0 spiro atoms. The van der Waals surface area contributed by atoms with Crippen molar-refractivity contribution in [3.05, 3.63) is 11.3 Å². The van der Waals surface area contributed by atoms with Crippen molar-refractivity contribution in [2.24, 2.45) is 5.73 Å². The molecule has 9 nitrogen and oxygen atoms in total. The average molecular weight is 356 g/mol. The topological polar surface area (TPSA) is 144 Å². The standard InChI is InChI=1S/C14H16N2O7S/c1-5(17)14(6(2)18,23-7(3)19)8-4-24-12-9(15)11(20)16(12)10(8)13(21)22/h9,12H,4,15H2,1-3H3,(H,21,22)/t9-,12-/m1/s1. The average Bonchev–Trinajstić information content (AvgIpc) is 2.49. The number of carbonyl (C=O) groups is 5. The Balaban J connectivity index is 2.72. The van der Waals surface area contributed by atoms with Crippen molar-refractivity contribution in [1.29, 1.82) is 0 Å². The number of Topliss-reactive ketones (excluding diaryl/α,β-unsaturated/α-hetero) is 2. The van der Waals surface area contributed by atoms with Gasteiger partial charge in [0.2, 0.25) is 5.91 Å². The number of hydrogen-bond acceptors (Lipinski definition) is 8. The number of thioether (sulfide) groups is 1. The lowest BCUT2D eigenvalue weighted by Gasteiger charge is -2.49. The number of ether oxygens (including phenoxy) is 1. The Morgan fingerprint density at radius 2 is 1.79 bits per heavy atom. The van der Waals surface area contributed by atoms with Crippen LogP contribution in [0.5, 0.6) is 0 Å². The Labute approximate surface area is 141 Å². The van der Waals surface area contributed by atoms with E-state index >= 15 is 0 Å². The van der Waals surface area contributed by atoms with Gasteiger partial charge in [0.25, 0.3) is 5.60 Å². The number of rotatable bonds is 5. The minimum Gasteiger partial charge on any atom is -0.477 e. The van der Waals surface area contributed by atoms with Gasteiger partial charge in [-0.3, -0.25) is 24.1 Å². The second-order valence-electron chi connectivity index (χ2n) is 5.46. The molecule has 3 N–H and O–H groups in total. The van der Waals surface area contributed by atoms with E-state index < -0.39 is 52.1 Å². The van der Waals surface area contributed by atoms with E-state index in [1.54, 1.807) is 0 Å². The van der Waals surface area contributed by atoms with Gasteiger partial charge in [0.1, 0.15) is 17.1 Å². The summed E-state index contributed by atoms with van der Waals surface area (Å²) in [6, 6.07) is -0.858. The fourth-order valence-corrected chi connectivity index (χ4v) is 4.24. The molecule has 2 aliphatic heterocycles. The molecule has 0 aromatic rings. The van der Waals surface area contributed by atoms with Crippen LogP contribution >= 0.6 is 11.8 Å². The van der Waals surface area contributed by atoms with E-state index in [2.05, 4.69) is 0 Å². The first-order valence-corrected chi connectivity index (χ1v) is 7.99. The summed E-state index contributed by atoms with van der Waals surface area (Å²) in [7, 11) is 0. The zero-order valence-corrected chi connectivity index (χ0v) is 14.0. The third-order valence-electron chi connectivity index (χ3n) is 3.93. The number of nitrogens with two attached hydrogens (primary N) is 1. The molecule has 0 aromatic carbocycles. The second-order valence-corrected chi connectivity index (χ2v) is 6.56. The highest BCUT2D eigenvalue weighted by atomic mass is 32.2. The van der Waals surface area contributed by atoms with Crippen LogP contribution in [0.1, 0.15) is 20.8 Å². The van der Waals surface area contributed by atoms with Crippen LogP contribution in [0.3, 0.4) is 0 Å². The first-order chi connectivity index (χ1) is 11.1. The van der Waals surface area contributed by atoms with Gasteiger partial charge in [-0.2, -0.15) is 0 Å². The van der Waals surface area contributed by atoms with Crippen molar-refractivity contribution in [2.45, 2.75) is 37.8 Å². The highest BCUT2D eigenvalue weighted by Crippen LogP contribution is 2.44. The van der Waals surface area contributed by atoms with Crippen LogP contribution in [0.4, 0.5) is 0 Å². The van der Waals surface area contributed by atoms with E-state index in [1.165, 1.54) is 0 Å². The molecule has 2 atom stereocenters. The summed E-state index contributed by atoms with van der Waals surface area (Å²) < 4.78 is 5.01. The Morgan fingerprint density at radius 1 is 1.25 bits per heavy atom. The van der Waals surface area contributed by atoms with Gasteiger partial charge in [0, 0.05) is 18.2 Å². The second kappa shape index (κ2) is 6.02. The molecule has 0 aromatic heterocycles. The number of hydrogen-bond donors (Lipinski definition) is 2. The largest absolute Gasteiger partial charge is 0.477 e. The van der Waals surface area contributed by atoms with E-state index in [0.29, 0.717) is 0 Å². The molecule has 0 saturated carbocycles. The first kappa shape index (κ1) is 18.1. The number of nitrogens with zero attached hydrogens (tertiary/aromatic N) is 1. The van der Waals surface area contributed by atoms with Gasteiger partial charge < -0.3 is 15.6 Å². The highest BCUT2D eigenvalue weighted by Gasteiger charge is 2.58. The Bertz CT molecular complexity index is 685. The van der Waals surface area contributed by atoms with Crippen molar-refractivity contribution in [1.82, 2.24) is 4.90 Å². The molecule has 2 heterocycles. The summed E-state index contributed by atoms with van der Waals surface area (Å²) >= 11 is 1.11. The van der Waals surface area contributed by atoms with Crippen molar-refractivity contribution >= 4 is 41.2 Å². The summed E-state index contributed by atoms with van der Waals surface area (Å²) in [6.07, 6.45) is 0. The first-order valence-electron chi connectivity index (χ1n) is 6.94. The van der Waals surface area contributed by atoms with Crippen LogP contribution in [0, 0.1) is 0 Å². The lowest BCUT2D eigenvalue weighted by molar-refractivity contribution is -0.167. The molecule has 1 saturated heterocycles. The molecule has 1 fully saturated rings. The summed E-state index contributed by atoms with van der Waals surface area (Å²) in [5.41, 5.74) is 2.52. The number of carboxylic acid groups (broad SMARTS) is 1. The molecular formula is C14H16N2O7S. The van der Waals surface area contributed by atoms with Crippen molar-refractivity contribution in [3.63, 3.8) is 0 Å². The quantitative estimate of drug-likeness (QED) is 0.362. The molecule has 0 aliphatic carbocycles. The number of aliphatic carboxylic acids is 1. The van der Waals surface area contributed by atoms with Gasteiger partial charge in [-0.1, -0.05) is 0 Å². The number of fused-ring (bicyclic) bond motifs is 1. The normalized spacial score (nSPS) is 23.3. The summed E-state index contributed by atoms with van der Waals surface area (Å²) in [5, 5.41) is 8.93. The Morgan fingerprint density at radius 3 is 2.21 bits per heavy atom. The summed E-state index contributed by atoms with van der Waals surface area (Å²) in [6.45, 7) is 3.06. The number of carboxylic acids is 1. The van der Waals surface area contributed by atoms with Crippen molar-refractivity contribution < 1.29 is 33.8 Å². The van der Waals surface area contributed by atoms with Crippen molar-refractivity contribution in [2.75, 3.05) is 5.75 Å². The van der Waals surface area contributed by atoms with Gasteiger partial charge in [-0.25, -0.2) is 4.79 Å². The van der Waals surface area contributed by atoms with E-state index in [9.17, 15) is 29.1 Å². The maximum absolute atomic E-state index is 12.2. The van der Waals surface area contributed by atoms with Crippen LogP contribution in [0.15, 0.2) is 11.3 Å². The molecule has 0 radical (unpaired) electrons. The predicted molar refractivity (Wildman–Crippen MR) is 81.6 cm³/mol. The predicted octanol–water partition coefficient (Wildman–Crippen LogP) is -0.953. The monoisotopic (exact) mass is 356 g/mol. The highest BCUT2D eigenvalue weighted by molar-refractivity contribution is 8.00. The number of amides is 1. The molecule has 2 rings (SSSR count). The molecule has 10 heteroatoms. The van der Waals surface area contributed by atoms with Gasteiger partial charge in [-0.15, -0.1) is 11.8 Å². The minimum absolute atomic E-state index is 0.0871. The minimum atomic E-state index is -2.36. The van der Waals surface area contributed by atoms with Gasteiger partial charge in [-0.05, 0) is 13.8 Å². The van der Waals surface area contributed by atoms with Gasteiger partial charge >= 0.3 is 11.9 Å². The van der Waals surface area contributed by atoms with E-state index in [1.807, 2.05) is 0 Å². The molecule has 130 valence electrons. The maximum atomic E-state index is 12.2. The molecule has 0 unspecified atom stereocenters. The fourth-order valence-electron chi connectivity index (χ4n) is 2.88. The zero-order chi connectivity index (χ0) is 18.4.